The van der Waals surface area contributed by atoms with Crippen LogP contribution in [0.4, 0.5) is 5.69 Å². The summed E-state index contributed by atoms with van der Waals surface area (Å²) in [4.78, 5) is 0. The Morgan fingerprint density at radius 3 is 2.22 bits per heavy atom. The number of alkyl halides is 1. The van der Waals surface area contributed by atoms with Crippen molar-refractivity contribution in [2.45, 2.75) is 30.0 Å². The van der Waals surface area contributed by atoms with Crippen molar-refractivity contribution in [1.82, 2.24) is 0 Å². The molecule has 1 aromatic rings. The molecule has 0 heterocycles. The number of benzene rings is 1. The number of aliphatic hydroxyl groups is 1. The van der Waals surface area contributed by atoms with Gasteiger partial charge in [-0.1, -0.05) is 41.9 Å². The standard InChI is InChI=1S/C12H18BrNO3S/c1-3-12(13,18(16,17)4-2)11(15)9-5-7-10(14)8-6-9/h5-8,11,15H,3-4,14H2,1-2H3. The van der Waals surface area contributed by atoms with E-state index in [0.717, 1.165) is 0 Å². The van der Waals surface area contributed by atoms with Gasteiger partial charge in [-0.3, -0.25) is 0 Å². The molecule has 0 fully saturated rings. The second-order valence-electron chi connectivity index (χ2n) is 4.11. The summed E-state index contributed by atoms with van der Waals surface area (Å²) >= 11 is 3.22. The number of anilines is 1. The Kier molecular flexibility index (Phi) is 4.80. The zero-order valence-electron chi connectivity index (χ0n) is 10.4. The summed E-state index contributed by atoms with van der Waals surface area (Å²) in [5.41, 5.74) is 6.67. The second-order valence-corrected chi connectivity index (χ2v) is 8.59. The van der Waals surface area contributed by atoms with Crippen LogP contribution in [0.5, 0.6) is 0 Å². The highest BCUT2D eigenvalue weighted by Crippen LogP contribution is 2.42. The van der Waals surface area contributed by atoms with Gasteiger partial charge in [-0.2, -0.15) is 0 Å². The van der Waals surface area contributed by atoms with Crippen molar-refractivity contribution in [2.75, 3.05) is 11.5 Å². The van der Waals surface area contributed by atoms with Crippen LogP contribution in [0.15, 0.2) is 24.3 Å². The van der Waals surface area contributed by atoms with E-state index in [0.29, 0.717) is 11.3 Å². The quantitative estimate of drug-likeness (QED) is 0.638. The van der Waals surface area contributed by atoms with E-state index < -0.39 is 19.6 Å². The summed E-state index contributed by atoms with van der Waals surface area (Å²) in [6.45, 7) is 3.29. The fraction of sp³-hybridized carbons (Fsp3) is 0.500. The van der Waals surface area contributed by atoms with Gasteiger partial charge in [-0.15, -0.1) is 0 Å². The third-order valence-electron chi connectivity index (χ3n) is 3.04. The minimum atomic E-state index is -3.43. The third kappa shape index (κ3) is 2.70. The molecule has 4 nitrogen and oxygen atoms in total. The molecule has 102 valence electrons. The van der Waals surface area contributed by atoms with E-state index in [2.05, 4.69) is 15.9 Å². The van der Waals surface area contributed by atoms with Crippen molar-refractivity contribution in [3.05, 3.63) is 29.8 Å². The first-order valence-electron chi connectivity index (χ1n) is 5.73. The smallest absolute Gasteiger partial charge is 0.168 e. The van der Waals surface area contributed by atoms with Crippen LogP contribution in [0.1, 0.15) is 31.9 Å². The first kappa shape index (κ1) is 15.5. The van der Waals surface area contributed by atoms with Crippen molar-refractivity contribution in [3.8, 4) is 0 Å². The predicted molar refractivity (Wildman–Crippen MR) is 77.2 cm³/mol. The van der Waals surface area contributed by atoms with Crippen molar-refractivity contribution in [1.29, 1.82) is 0 Å². The van der Waals surface area contributed by atoms with Gasteiger partial charge in [0.15, 0.2) is 13.5 Å². The van der Waals surface area contributed by atoms with Crippen molar-refractivity contribution < 1.29 is 13.5 Å². The van der Waals surface area contributed by atoms with Gasteiger partial charge in [0.2, 0.25) is 0 Å². The zero-order chi connectivity index (χ0) is 14.0. The van der Waals surface area contributed by atoms with Gasteiger partial charge in [0, 0.05) is 11.4 Å². The molecular weight excluding hydrogens is 318 g/mol. The van der Waals surface area contributed by atoms with Crippen LogP contribution < -0.4 is 5.73 Å². The molecule has 0 aromatic heterocycles. The molecule has 0 amide bonds. The average Bonchev–Trinajstić information content (AvgIpc) is 2.37. The van der Waals surface area contributed by atoms with Crippen LogP contribution in [-0.4, -0.2) is 22.9 Å². The number of sulfone groups is 1. The summed E-state index contributed by atoms with van der Waals surface area (Å²) in [7, 11) is -3.43. The highest BCUT2D eigenvalue weighted by molar-refractivity contribution is 9.11. The number of nitrogens with two attached hydrogens (primary N) is 1. The lowest BCUT2D eigenvalue weighted by Gasteiger charge is -2.31. The third-order valence-corrected chi connectivity index (χ3v) is 7.82. The first-order chi connectivity index (χ1) is 8.28. The fourth-order valence-corrected chi connectivity index (χ4v) is 4.10. The zero-order valence-corrected chi connectivity index (χ0v) is 12.8. The Labute approximate surface area is 116 Å². The largest absolute Gasteiger partial charge is 0.399 e. The molecule has 0 bridgehead atoms. The van der Waals surface area contributed by atoms with Crippen LogP contribution in [0.2, 0.25) is 0 Å². The minimum Gasteiger partial charge on any atom is -0.399 e. The fourth-order valence-electron chi connectivity index (χ4n) is 1.75. The van der Waals surface area contributed by atoms with E-state index in [1.54, 1.807) is 38.1 Å². The highest BCUT2D eigenvalue weighted by Gasteiger charge is 2.45. The van der Waals surface area contributed by atoms with Gasteiger partial charge >= 0.3 is 0 Å². The lowest BCUT2D eigenvalue weighted by Crippen LogP contribution is -2.39. The maximum Gasteiger partial charge on any atom is 0.168 e. The van der Waals surface area contributed by atoms with E-state index in [9.17, 15) is 13.5 Å². The lowest BCUT2D eigenvalue weighted by atomic mass is 10.0. The monoisotopic (exact) mass is 335 g/mol. The maximum atomic E-state index is 12.1. The van der Waals surface area contributed by atoms with E-state index in [4.69, 9.17) is 5.73 Å². The normalized spacial score (nSPS) is 17.1. The van der Waals surface area contributed by atoms with Gasteiger partial charge < -0.3 is 10.8 Å². The summed E-state index contributed by atoms with van der Waals surface area (Å²) in [5.74, 6) is -0.0296. The molecule has 0 aliphatic rings. The van der Waals surface area contributed by atoms with Gasteiger partial charge in [0.1, 0.15) is 6.10 Å². The molecule has 3 N–H and O–H groups in total. The molecule has 1 rings (SSSR count). The molecule has 0 spiro atoms. The molecule has 0 saturated heterocycles. The topological polar surface area (TPSA) is 80.4 Å². The molecule has 0 aliphatic heterocycles. The van der Waals surface area contributed by atoms with Gasteiger partial charge in [0.25, 0.3) is 0 Å². The Balaban J connectivity index is 3.21. The number of rotatable bonds is 5. The van der Waals surface area contributed by atoms with E-state index in [1.165, 1.54) is 0 Å². The summed E-state index contributed by atoms with van der Waals surface area (Å²) in [6.07, 6.45) is -0.859. The van der Waals surface area contributed by atoms with Gasteiger partial charge in [0.05, 0.1) is 0 Å². The highest BCUT2D eigenvalue weighted by atomic mass is 79.9. The van der Waals surface area contributed by atoms with Crippen LogP contribution in [0.25, 0.3) is 0 Å². The van der Waals surface area contributed by atoms with Crippen LogP contribution in [0, 0.1) is 0 Å². The summed E-state index contributed by atoms with van der Waals surface area (Å²) < 4.78 is 22.8. The minimum absolute atomic E-state index is 0.0296. The second kappa shape index (κ2) is 5.59. The number of hydrogen-bond donors (Lipinski definition) is 2. The Morgan fingerprint density at radius 2 is 1.83 bits per heavy atom. The molecule has 1 aromatic carbocycles. The Hall–Kier alpha value is -0.590. The molecule has 2 unspecified atom stereocenters. The van der Waals surface area contributed by atoms with Crippen molar-refractivity contribution in [2.24, 2.45) is 0 Å². The van der Waals surface area contributed by atoms with Gasteiger partial charge in [-0.25, -0.2) is 8.42 Å². The van der Waals surface area contributed by atoms with Crippen LogP contribution in [-0.2, 0) is 9.84 Å². The lowest BCUT2D eigenvalue weighted by molar-refractivity contribution is 0.160. The first-order valence-corrected chi connectivity index (χ1v) is 8.17. The molecular formula is C12H18BrNO3S. The SMILES string of the molecule is CCC(Br)(C(O)c1ccc(N)cc1)S(=O)(=O)CC. The van der Waals surface area contributed by atoms with Crippen molar-refractivity contribution in [3.63, 3.8) is 0 Å². The molecule has 0 aliphatic carbocycles. The summed E-state index contributed by atoms with van der Waals surface area (Å²) in [6, 6.07) is 6.55. The van der Waals surface area contributed by atoms with E-state index >= 15 is 0 Å². The van der Waals surface area contributed by atoms with Gasteiger partial charge in [-0.05, 0) is 24.1 Å². The summed E-state index contributed by atoms with van der Waals surface area (Å²) in [5, 5.41) is 10.3. The number of hydrogen-bond acceptors (Lipinski definition) is 4. The van der Waals surface area contributed by atoms with E-state index in [-0.39, 0.29) is 12.2 Å². The Morgan fingerprint density at radius 1 is 1.33 bits per heavy atom. The van der Waals surface area contributed by atoms with Crippen molar-refractivity contribution >= 4 is 31.5 Å². The Bertz CT molecular complexity index is 501. The molecule has 6 heteroatoms. The maximum absolute atomic E-state index is 12.1. The molecule has 0 saturated carbocycles. The van der Waals surface area contributed by atoms with Crippen LogP contribution in [0.3, 0.4) is 0 Å². The van der Waals surface area contributed by atoms with E-state index in [1.807, 2.05) is 0 Å². The average molecular weight is 336 g/mol. The number of nitrogen functional groups attached to an aromatic ring is 1. The number of aliphatic hydroxyl groups excluding tert-OH is 1. The molecule has 0 radical (unpaired) electrons. The molecule has 2 atom stereocenters. The van der Waals surface area contributed by atoms with Crippen LogP contribution >= 0.6 is 15.9 Å². The molecule has 18 heavy (non-hydrogen) atoms. The number of halogens is 1. The predicted octanol–water partition coefficient (Wildman–Crippen LogP) is 2.24.